The van der Waals surface area contributed by atoms with Crippen LogP contribution in [-0.4, -0.2) is 66.4 Å². The van der Waals surface area contributed by atoms with Crippen molar-refractivity contribution < 1.29 is 33.0 Å². The predicted molar refractivity (Wildman–Crippen MR) is 160 cm³/mol. The summed E-state index contributed by atoms with van der Waals surface area (Å²) in [5.41, 5.74) is 4.37. The zero-order chi connectivity index (χ0) is 29.7. The number of nitrogens with one attached hydrogen (secondary N) is 1. The molecule has 0 bridgehead atoms. The van der Waals surface area contributed by atoms with Gasteiger partial charge in [-0.25, -0.2) is 18.4 Å². The summed E-state index contributed by atoms with van der Waals surface area (Å²) in [5.74, 6) is -2.75. The fourth-order valence-corrected chi connectivity index (χ4v) is 6.18. The van der Waals surface area contributed by atoms with Gasteiger partial charge in [-0.3, -0.25) is 4.90 Å². The van der Waals surface area contributed by atoms with E-state index in [2.05, 4.69) is 15.5 Å². The van der Waals surface area contributed by atoms with Gasteiger partial charge in [-0.2, -0.15) is 0 Å². The molecule has 0 radical (unpaired) electrons. The maximum absolute atomic E-state index is 15.1. The second-order valence-corrected chi connectivity index (χ2v) is 10.5. The average molecular weight is 622 g/mol. The minimum absolute atomic E-state index is 0. The van der Waals surface area contributed by atoms with Gasteiger partial charge in [0, 0.05) is 31.6 Å². The molecule has 2 N–H and O–H groups in total. The molecule has 0 spiro atoms. The number of aromatic nitrogens is 2. The number of nitrogens with zero attached hydrogens (tertiary/aromatic N) is 4. The van der Waals surface area contributed by atoms with E-state index in [4.69, 9.17) is 9.47 Å². The van der Waals surface area contributed by atoms with E-state index in [9.17, 15) is 19.1 Å². The molecule has 13 heteroatoms. The molecule has 0 saturated carbocycles. The Hall–Kier alpha value is -4.81. The van der Waals surface area contributed by atoms with E-state index in [1.807, 2.05) is 53.4 Å². The Kier molecular flexibility index (Phi) is 7.78. The quantitative estimate of drug-likeness (QED) is 0.227. The number of fused-ring (bicyclic) bond motifs is 6. The molecule has 3 aliphatic rings. The summed E-state index contributed by atoms with van der Waals surface area (Å²) in [6, 6.07) is 18.6. The predicted octanol–water partition coefficient (Wildman–Crippen LogP) is 5.45. The van der Waals surface area contributed by atoms with Crippen LogP contribution in [0, 0.1) is 11.6 Å². The minimum atomic E-state index is -1.19. The van der Waals surface area contributed by atoms with E-state index < -0.39 is 29.6 Å². The van der Waals surface area contributed by atoms with Gasteiger partial charge < -0.3 is 24.8 Å². The maximum Gasteiger partial charge on any atom is 0.513 e. The number of hydrogen-bond donors (Lipinski definition) is 2. The summed E-state index contributed by atoms with van der Waals surface area (Å²) in [4.78, 5) is 28.0. The average Bonchev–Trinajstić information content (AvgIpc) is 3.34. The fourth-order valence-electron chi connectivity index (χ4n) is 6.18. The Morgan fingerprint density at radius 3 is 2.39 bits per heavy atom. The Bertz CT molecular complexity index is 1730. The van der Waals surface area contributed by atoms with Gasteiger partial charge in [0.25, 0.3) is 0 Å². The number of piperazine rings is 1. The molecule has 1 amide bonds. The molecule has 3 heterocycles. The highest BCUT2D eigenvalue weighted by molar-refractivity contribution is 5.92. The van der Waals surface area contributed by atoms with Crippen LogP contribution >= 0.6 is 12.4 Å². The van der Waals surface area contributed by atoms with Gasteiger partial charge in [-0.1, -0.05) is 48.5 Å². The third-order valence-corrected chi connectivity index (χ3v) is 8.09. The minimum Gasteiger partial charge on any atom is -0.465 e. The molecule has 1 fully saturated rings. The van der Waals surface area contributed by atoms with Gasteiger partial charge >= 0.3 is 12.2 Å². The van der Waals surface area contributed by atoms with E-state index in [0.717, 1.165) is 33.2 Å². The summed E-state index contributed by atoms with van der Waals surface area (Å²) in [6.45, 7) is 1.90. The topological polar surface area (TPSA) is 117 Å². The summed E-state index contributed by atoms with van der Waals surface area (Å²) >= 11 is 0. The van der Waals surface area contributed by atoms with Crippen molar-refractivity contribution in [2.45, 2.75) is 12.0 Å². The van der Waals surface area contributed by atoms with Gasteiger partial charge in [0.1, 0.15) is 12.4 Å². The molecule has 1 aliphatic carbocycles. The molecule has 1 aromatic heterocycles. The highest BCUT2D eigenvalue weighted by Gasteiger charge is 2.37. The number of hydrogen-bond acceptors (Lipinski definition) is 8. The molecule has 0 unspecified atom stereocenters. The van der Waals surface area contributed by atoms with Crippen molar-refractivity contribution in [1.82, 2.24) is 15.5 Å². The maximum atomic E-state index is 15.1. The van der Waals surface area contributed by atoms with E-state index in [0.29, 0.717) is 31.4 Å². The molecule has 10 nitrogen and oxygen atoms in total. The SMILES string of the molecule is Cl.O=C(OCC1c2ccccc2-c2ccccc21)Oc1c(F)cc(F)cc1-c1cc2c(nn1)N(C(=O)O)C[C@H]1CNCCN21. The number of ether oxygens (including phenoxy) is 2. The summed E-state index contributed by atoms with van der Waals surface area (Å²) in [6.07, 6.45) is -2.36. The summed E-state index contributed by atoms with van der Waals surface area (Å²) in [7, 11) is 0. The van der Waals surface area contributed by atoms with Crippen LogP contribution in [0.5, 0.6) is 5.75 Å². The molecular formula is C31H26ClF2N5O5. The smallest absolute Gasteiger partial charge is 0.465 e. The van der Waals surface area contributed by atoms with Crippen molar-refractivity contribution in [2.75, 3.05) is 42.6 Å². The van der Waals surface area contributed by atoms with E-state index in [-0.39, 0.29) is 54.6 Å². The Labute approximate surface area is 256 Å². The zero-order valence-corrected chi connectivity index (χ0v) is 23.9. The number of halogens is 3. The number of carbonyl (C=O) groups is 2. The van der Waals surface area contributed by atoms with Crippen molar-refractivity contribution in [3.05, 3.63) is 89.5 Å². The lowest BCUT2D eigenvalue weighted by Gasteiger charge is -2.44. The first-order chi connectivity index (χ1) is 20.9. The van der Waals surface area contributed by atoms with Crippen LogP contribution in [0.1, 0.15) is 17.0 Å². The standard InChI is InChI=1S/C31H25F2N5O5.ClH/c32-17-11-23(26-13-27-29(36-35-26)38(30(39)40)15-18-14-34-9-10-37(18)27)28(25(33)12-17)43-31(41)42-16-24-21-7-3-1-5-19(21)20-6-2-4-8-22(20)24;/h1-8,11-13,18,24,34H,9-10,14-16H2,(H,39,40);1H/t18-;/m1./s1. The summed E-state index contributed by atoms with van der Waals surface area (Å²) in [5, 5.41) is 21.2. The van der Waals surface area contributed by atoms with Crippen molar-refractivity contribution in [3.8, 4) is 28.1 Å². The highest BCUT2D eigenvalue weighted by Crippen LogP contribution is 2.45. The van der Waals surface area contributed by atoms with Gasteiger partial charge in [-0.15, -0.1) is 22.6 Å². The van der Waals surface area contributed by atoms with Crippen LogP contribution in [0.2, 0.25) is 0 Å². The highest BCUT2D eigenvalue weighted by atomic mass is 35.5. The van der Waals surface area contributed by atoms with Crippen LogP contribution in [0.4, 0.5) is 29.9 Å². The molecule has 2 aliphatic heterocycles. The first kappa shape index (κ1) is 29.3. The van der Waals surface area contributed by atoms with Crippen LogP contribution in [0.25, 0.3) is 22.4 Å². The number of rotatable bonds is 4. The lowest BCUT2D eigenvalue weighted by atomic mass is 9.98. The third-order valence-electron chi connectivity index (χ3n) is 8.09. The zero-order valence-electron chi connectivity index (χ0n) is 23.1. The lowest BCUT2D eigenvalue weighted by Crippen LogP contribution is -2.59. The molecule has 44 heavy (non-hydrogen) atoms. The first-order valence-corrected chi connectivity index (χ1v) is 13.8. The molecule has 7 rings (SSSR count). The first-order valence-electron chi connectivity index (χ1n) is 13.8. The largest absolute Gasteiger partial charge is 0.513 e. The number of anilines is 2. The van der Waals surface area contributed by atoms with Gasteiger partial charge in [0.2, 0.25) is 0 Å². The van der Waals surface area contributed by atoms with E-state index in [1.54, 1.807) is 0 Å². The number of benzene rings is 3. The Morgan fingerprint density at radius 1 is 0.977 bits per heavy atom. The van der Waals surface area contributed by atoms with Crippen molar-refractivity contribution in [1.29, 1.82) is 0 Å². The van der Waals surface area contributed by atoms with Crippen LogP contribution in [0.15, 0.2) is 66.7 Å². The number of amides is 1. The molecule has 1 atom stereocenters. The molecule has 4 aromatic rings. The van der Waals surface area contributed by atoms with Crippen LogP contribution in [-0.2, 0) is 4.74 Å². The number of carboxylic acid groups (broad SMARTS) is 1. The fraction of sp³-hybridized carbons (Fsp3) is 0.226. The molecule has 1 saturated heterocycles. The van der Waals surface area contributed by atoms with Gasteiger partial charge in [0.05, 0.1) is 29.5 Å². The number of carbonyl (C=O) groups excluding carboxylic acids is 1. The summed E-state index contributed by atoms with van der Waals surface area (Å²) < 4.78 is 40.4. The normalized spacial score (nSPS) is 16.6. The Morgan fingerprint density at radius 2 is 1.68 bits per heavy atom. The van der Waals surface area contributed by atoms with E-state index >= 15 is 4.39 Å². The lowest BCUT2D eigenvalue weighted by molar-refractivity contribution is 0.0951. The molecular weight excluding hydrogens is 596 g/mol. The van der Waals surface area contributed by atoms with E-state index in [1.165, 1.54) is 6.07 Å². The van der Waals surface area contributed by atoms with Gasteiger partial charge in [0.15, 0.2) is 17.4 Å². The van der Waals surface area contributed by atoms with Crippen molar-refractivity contribution in [2.24, 2.45) is 0 Å². The second-order valence-electron chi connectivity index (χ2n) is 10.5. The van der Waals surface area contributed by atoms with Crippen LogP contribution < -0.4 is 19.9 Å². The third kappa shape index (κ3) is 5.05. The van der Waals surface area contributed by atoms with Crippen molar-refractivity contribution >= 4 is 36.2 Å². The van der Waals surface area contributed by atoms with Gasteiger partial charge in [-0.05, 0) is 34.4 Å². The monoisotopic (exact) mass is 621 g/mol. The Balaban J connectivity index is 0.00000343. The second kappa shape index (κ2) is 11.7. The van der Waals surface area contributed by atoms with Crippen LogP contribution in [0.3, 0.4) is 0 Å². The molecule has 3 aromatic carbocycles. The molecule has 226 valence electrons. The van der Waals surface area contributed by atoms with Crippen molar-refractivity contribution in [3.63, 3.8) is 0 Å².